The molecule has 2 radical (unpaired) electrons. The van der Waals surface area contributed by atoms with E-state index in [9.17, 15) is 30.8 Å². The predicted octanol–water partition coefficient (Wildman–Crippen LogP) is 4.20. The van der Waals surface area contributed by atoms with Gasteiger partial charge in [0.05, 0.1) is 11.5 Å². The highest BCUT2D eigenvalue weighted by Crippen LogP contribution is 2.43. The first-order valence-electron chi connectivity index (χ1n) is 14.3. The Bertz CT molecular complexity index is 1360. The number of piperidine rings is 1. The second-order valence-electron chi connectivity index (χ2n) is 15.2. The Balaban J connectivity index is 1.86. The molecule has 1 saturated heterocycles. The molecule has 0 amide bonds. The third-order valence-corrected chi connectivity index (χ3v) is 10.5. The quantitative estimate of drug-likeness (QED) is 0.239. The van der Waals surface area contributed by atoms with Gasteiger partial charge in [-0.2, -0.15) is 5.06 Å². The Morgan fingerprint density at radius 3 is 1.64 bits per heavy atom. The number of ether oxygens (including phenoxy) is 1. The molecule has 0 spiro atoms. The van der Waals surface area contributed by atoms with Crippen molar-refractivity contribution in [2.24, 2.45) is 5.92 Å². The molecule has 3 heterocycles. The molecular weight excluding hydrogens is 542 g/mol. The second kappa shape index (κ2) is 9.28. The number of carbonyl (C=O) groups excluding carboxylic acids is 1. The van der Waals surface area contributed by atoms with Crippen molar-refractivity contribution < 1.29 is 34.6 Å². The van der Waals surface area contributed by atoms with E-state index in [1.807, 2.05) is 27.7 Å². The number of hydroxylamine groups is 8. The summed E-state index contributed by atoms with van der Waals surface area (Å²) >= 11 is 0. The number of hydrogen-bond donors (Lipinski definition) is 1. The maximum absolute atomic E-state index is 13.7. The Labute approximate surface area is 248 Å². The van der Waals surface area contributed by atoms with Gasteiger partial charge in [-0.15, -0.1) is 0 Å². The molecule has 1 fully saturated rings. The second-order valence-corrected chi connectivity index (χ2v) is 15.2. The maximum atomic E-state index is 13.7. The SMILES string of the molecule is CC1(C)CC(C(=O)Oc2ccc(C3=[N+]([O-])C(C)(C)C(C)(C)N3[O])cc2C2=[N+]([O-])C(C)(C)C(C)(C)N2[O])CC(C)(C)N1O. The van der Waals surface area contributed by atoms with Crippen molar-refractivity contribution in [1.82, 2.24) is 15.2 Å². The Hall–Kier alpha value is -2.93. The van der Waals surface area contributed by atoms with E-state index in [1.54, 1.807) is 55.4 Å². The predicted molar refractivity (Wildman–Crippen MR) is 153 cm³/mol. The minimum Gasteiger partial charge on any atom is -0.714 e. The molecule has 0 atom stereocenters. The summed E-state index contributed by atoms with van der Waals surface area (Å²) in [6.07, 6.45) is 0.630. The Morgan fingerprint density at radius 1 is 0.810 bits per heavy atom. The van der Waals surface area contributed by atoms with E-state index < -0.39 is 45.1 Å². The van der Waals surface area contributed by atoms with Crippen LogP contribution in [0.25, 0.3) is 0 Å². The van der Waals surface area contributed by atoms with Gasteiger partial charge in [0, 0.05) is 21.5 Å². The highest BCUT2D eigenvalue weighted by Gasteiger charge is 2.62. The van der Waals surface area contributed by atoms with E-state index in [4.69, 9.17) is 4.74 Å². The lowest BCUT2D eigenvalue weighted by molar-refractivity contribution is -0.539. The zero-order valence-corrected chi connectivity index (χ0v) is 26.9. The molecule has 232 valence electrons. The first-order valence-corrected chi connectivity index (χ1v) is 14.3. The number of carbonyl (C=O) groups is 1. The lowest BCUT2D eigenvalue weighted by Crippen LogP contribution is -2.60. The van der Waals surface area contributed by atoms with Crippen molar-refractivity contribution in [1.29, 1.82) is 0 Å². The molecule has 0 saturated carbocycles. The van der Waals surface area contributed by atoms with E-state index >= 15 is 0 Å². The first-order chi connectivity index (χ1) is 18.8. The van der Waals surface area contributed by atoms with E-state index in [2.05, 4.69) is 0 Å². The number of esters is 1. The fraction of sp³-hybridized carbons (Fsp3) is 0.700. The van der Waals surface area contributed by atoms with Crippen molar-refractivity contribution in [3.8, 4) is 5.75 Å². The summed E-state index contributed by atoms with van der Waals surface area (Å²) in [6, 6.07) is 4.30. The maximum Gasteiger partial charge on any atom is 0.320 e. The van der Waals surface area contributed by atoms with E-state index in [0.29, 0.717) is 32.4 Å². The largest absolute Gasteiger partial charge is 0.714 e. The van der Waals surface area contributed by atoms with Crippen molar-refractivity contribution in [2.75, 3.05) is 0 Å². The summed E-state index contributed by atoms with van der Waals surface area (Å²) in [5.41, 5.74) is -5.74. The lowest BCUT2D eigenvalue weighted by Gasteiger charge is -2.50. The van der Waals surface area contributed by atoms with Gasteiger partial charge in [-0.25, -0.2) is 0 Å². The van der Waals surface area contributed by atoms with Crippen LogP contribution in [0.15, 0.2) is 18.2 Å². The Kier molecular flexibility index (Phi) is 7.07. The van der Waals surface area contributed by atoms with Crippen LogP contribution in [0, 0.1) is 16.3 Å². The summed E-state index contributed by atoms with van der Waals surface area (Å²) in [6.45, 7) is 20.6. The van der Waals surface area contributed by atoms with Crippen molar-refractivity contribution >= 4 is 17.6 Å². The molecule has 0 aromatic heterocycles. The first kappa shape index (κ1) is 32.0. The van der Waals surface area contributed by atoms with Gasteiger partial charge < -0.3 is 20.4 Å². The zero-order valence-electron chi connectivity index (χ0n) is 26.9. The average molecular weight is 588 g/mol. The third kappa shape index (κ3) is 4.29. The van der Waals surface area contributed by atoms with Crippen LogP contribution < -0.4 is 4.74 Å². The van der Waals surface area contributed by atoms with E-state index in [-0.39, 0.29) is 28.5 Å². The molecule has 0 aliphatic carbocycles. The van der Waals surface area contributed by atoms with Crippen LogP contribution in [-0.4, -0.2) is 80.7 Å². The minimum atomic E-state index is -1.16. The van der Waals surface area contributed by atoms with Crippen molar-refractivity contribution in [3.05, 3.63) is 39.7 Å². The zero-order chi connectivity index (χ0) is 32.2. The molecule has 0 unspecified atom stereocenters. The van der Waals surface area contributed by atoms with Crippen molar-refractivity contribution in [3.63, 3.8) is 0 Å². The van der Waals surface area contributed by atoms with Crippen LogP contribution in [0.1, 0.15) is 107 Å². The highest BCUT2D eigenvalue weighted by atomic mass is 16.6. The molecule has 3 aliphatic heterocycles. The van der Waals surface area contributed by atoms with Gasteiger partial charge in [0.2, 0.25) is 0 Å². The molecule has 0 bridgehead atoms. The minimum absolute atomic E-state index is 0.000531. The number of nitrogens with zero attached hydrogens (tertiary/aromatic N) is 5. The monoisotopic (exact) mass is 587 g/mol. The lowest BCUT2D eigenvalue weighted by atomic mass is 9.75. The summed E-state index contributed by atoms with van der Waals surface area (Å²) in [5.74, 6) is -1.65. The standard InChI is InChI=1S/C30H45N5O7/c1-25(2)16-19(17-26(3,4)35(25)41)24(36)42-21-14-13-18(22-31(37)27(5,6)28(7,8)32(22)38)15-20(21)23-33(39)29(9,10)30(11,12)34(23)40/h13-15,19,41H,16-17H2,1-12H3. The normalized spacial score (nSPS) is 26.3. The van der Waals surface area contributed by atoms with Crippen LogP contribution in [0.3, 0.4) is 0 Å². The smallest absolute Gasteiger partial charge is 0.320 e. The van der Waals surface area contributed by atoms with Crippen LogP contribution in [0.2, 0.25) is 0 Å². The van der Waals surface area contributed by atoms with E-state index in [0.717, 1.165) is 0 Å². The van der Waals surface area contributed by atoms with Gasteiger partial charge >= 0.3 is 17.6 Å². The number of amidine groups is 2. The number of hydrogen-bond acceptors (Lipinski definition) is 8. The van der Waals surface area contributed by atoms with Gasteiger partial charge in [-0.3, -0.25) is 14.3 Å². The van der Waals surface area contributed by atoms with Crippen LogP contribution in [-0.2, 0) is 15.2 Å². The molecule has 4 rings (SSSR count). The van der Waals surface area contributed by atoms with Crippen LogP contribution in [0.4, 0.5) is 0 Å². The summed E-state index contributed by atoms with van der Waals surface area (Å²) < 4.78 is 7.17. The summed E-state index contributed by atoms with van der Waals surface area (Å²) in [7, 11) is 0. The average Bonchev–Trinajstić information content (AvgIpc) is 3.06. The van der Waals surface area contributed by atoms with Gasteiger partial charge in [-0.05, 0) is 114 Å². The molecule has 12 heteroatoms. The molecule has 12 nitrogen and oxygen atoms in total. The molecule has 1 aromatic rings. The van der Waals surface area contributed by atoms with Gasteiger partial charge in [0.25, 0.3) is 0 Å². The summed E-state index contributed by atoms with van der Waals surface area (Å²) in [4.78, 5) is 13.6. The van der Waals surface area contributed by atoms with Gasteiger partial charge in [0.1, 0.15) is 22.4 Å². The van der Waals surface area contributed by atoms with Crippen LogP contribution >= 0.6 is 0 Å². The Morgan fingerprint density at radius 2 is 1.24 bits per heavy atom. The number of benzene rings is 1. The van der Waals surface area contributed by atoms with E-state index in [1.165, 1.54) is 23.3 Å². The fourth-order valence-corrected chi connectivity index (χ4v) is 6.23. The molecule has 3 aliphatic rings. The molecule has 42 heavy (non-hydrogen) atoms. The fourth-order valence-electron chi connectivity index (χ4n) is 6.23. The van der Waals surface area contributed by atoms with Crippen LogP contribution in [0.5, 0.6) is 5.75 Å². The van der Waals surface area contributed by atoms with Gasteiger partial charge in [0.15, 0.2) is 11.1 Å². The van der Waals surface area contributed by atoms with Gasteiger partial charge in [-0.1, -0.05) is 10.1 Å². The number of rotatable bonds is 4. The third-order valence-electron chi connectivity index (χ3n) is 10.5. The molecular formula is C30H45N5O7. The topological polar surface area (TPSA) is 148 Å². The highest BCUT2D eigenvalue weighted by molar-refractivity contribution is 6.03. The summed E-state index contributed by atoms with van der Waals surface area (Å²) in [5, 5.41) is 67.4. The van der Waals surface area contributed by atoms with Crippen molar-refractivity contribution in [2.45, 2.75) is 129 Å². The molecule has 1 N–H and O–H groups in total. The molecule has 1 aromatic carbocycles.